The van der Waals surface area contributed by atoms with Crippen molar-refractivity contribution in [2.75, 3.05) is 12.4 Å². The van der Waals surface area contributed by atoms with E-state index in [-0.39, 0.29) is 24.7 Å². The maximum Gasteiger partial charge on any atom is 0.338 e. The normalized spacial score (nSPS) is 13.9. The summed E-state index contributed by atoms with van der Waals surface area (Å²) in [6, 6.07) is 14.0. The highest BCUT2D eigenvalue weighted by atomic mass is 32.2. The number of aryl methyl sites for hydroxylation is 2. The van der Waals surface area contributed by atoms with E-state index >= 15 is 0 Å². The first kappa shape index (κ1) is 17.7. The highest BCUT2D eigenvalue weighted by Crippen LogP contribution is 2.22. The SMILES string of the molecule is O=C(OCCCS(=O)(=O)c1ccccc1)c1ccc2c(c1)CCCC2. The van der Waals surface area contributed by atoms with Crippen molar-refractivity contribution in [1.82, 2.24) is 0 Å². The van der Waals surface area contributed by atoms with Crippen molar-refractivity contribution in [3.8, 4) is 0 Å². The van der Waals surface area contributed by atoms with Crippen molar-refractivity contribution in [3.63, 3.8) is 0 Å². The van der Waals surface area contributed by atoms with Crippen LogP contribution in [0, 0.1) is 0 Å². The second kappa shape index (κ2) is 7.83. The first-order chi connectivity index (χ1) is 12.1. The summed E-state index contributed by atoms with van der Waals surface area (Å²) < 4.78 is 29.6. The average Bonchev–Trinajstić information content (AvgIpc) is 2.65. The Bertz CT molecular complexity index is 841. The van der Waals surface area contributed by atoms with Gasteiger partial charge in [0.25, 0.3) is 0 Å². The Kier molecular flexibility index (Phi) is 5.53. The fourth-order valence-corrected chi connectivity index (χ4v) is 4.41. The van der Waals surface area contributed by atoms with Crippen molar-refractivity contribution < 1.29 is 17.9 Å². The molecule has 0 saturated heterocycles. The third kappa shape index (κ3) is 4.48. The van der Waals surface area contributed by atoms with Crippen molar-refractivity contribution in [3.05, 3.63) is 65.2 Å². The number of benzene rings is 2. The van der Waals surface area contributed by atoms with Crippen molar-refractivity contribution in [2.45, 2.75) is 37.0 Å². The van der Waals surface area contributed by atoms with Gasteiger partial charge in [-0.05, 0) is 67.5 Å². The second-order valence-corrected chi connectivity index (χ2v) is 8.42. The molecular weight excluding hydrogens is 336 g/mol. The van der Waals surface area contributed by atoms with Gasteiger partial charge in [-0.1, -0.05) is 24.3 Å². The molecule has 1 aliphatic carbocycles. The quantitative estimate of drug-likeness (QED) is 0.585. The van der Waals surface area contributed by atoms with Gasteiger partial charge >= 0.3 is 5.97 Å². The zero-order valence-corrected chi connectivity index (χ0v) is 14.9. The third-order valence-corrected chi connectivity index (χ3v) is 6.29. The van der Waals surface area contributed by atoms with Gasteiger partial charge in [0.2, 0.25) is 0 Å². The summed E-state index contributed by atoms with van der Waals surface area (Å²) in [4.78, 5) is 12.5. The lowest BCUT2D eigenvalue weighted by molar-refractivity contribution is 0.0505. The van der Waals surface area contributed by atoms with Crippen molar-refractivity contribution in [2.24, 2.45) is 0 Å². The molecule has 5 heteroatoms. The van der Waals surface area contributed by atoms with Gasteiger partial charge < -0.3 is 4.74 Å². The molecule has 0 heterocycles. The maximum atomic E-state index is 12.2. The first-order valence-electron chi connectivity index (χ1n) is 8.63. The van der Waals surface area contributed by atoms with Crippen molar-refractivity contribution >= 4 is 15.8 Å². The summed E-state index contributed by atoms with van der Waals surface area (Å²) >= 11 is 0. The van der Waals surface area contributed by atoms with E-state index in [1.807, 2.05) is 12.1 Å². The molecule has 0 saturated carbocycles. The van der Waals surface area contributed by atoms with Crippen LogP contribution in [0.3, 0.4) is 0 Å². The van der Waals surface area contributed by atoms with Crippen LogP contribution >= 0.6 is 0 Å². The zero-order chi connectivity index (χ0) is 17.7. The van der Waals surface area contributed by atoms with Crippen LogP contribution in [0.15, 0.2) is 53.4 Å². The Morgan fingerprint density at radius 1 is 0.960 bits per heavy atom. The number of carbonyl (C=O) groups excluding carboxylic acids is 1. The topological polar surface area (TPSA) is 60.4 Å². The number of fused-ring (bicyclic) bond motifs is 1. The van der Waals surface area contributed by atoms with Crippen LogP contribution in [-0.2, 0) is 27.4 Å². The number of carbonyl (C=O) groups is 1. The van der Waals surface area contributed by atoms with Crippen LogP contribution in [-0.4, -0.2) is 26.7 Å². The lowest BCUT2D eigenvalue weighted by Gasteiger charge is -2.16. The molecule has 132 valence electrons. The highest BCUT2D eigenvalue weighted by Gasteiger charge is 2.16. The summed E-state index contributed by atoms with van der Waals surface area (Å²) in [6.07, 6.45) is 4.72. The molecule has 0 fully saturated rings. The Balaban J connectivity index is 1.51. The van der Waals surface area contributed by atoms with E-state index in [0.717, 1.165) is 19.3 Å². The standard InChI is InChI=1S/C20H22O4S/c21-20(18-12-11-16-7-4-5-8-17(16)15-18)24-13-6-14-25(22,23)19-9-2-1-3-10-19/h1-3,9-12,15H,4-8,13-14H2. The number of ether oxygens (including phenoxy) is 1. The van der Waals surface area contributed by atoms with Gasteiger partial charge in [0.05, 0.1) is 22.8 Å². The van der Waals surface area contributed by atoms with Gasteiger partial charge in [0, 0.05) is 0 Å². The van der Waals surface area contributed by atoms with E-state index in [0.29, 0.717) is 10.5 Å². The van der Waals surface area contributed by atoms with E-state index in [2.05, 4.69) is 0 Å². The van der Waals surface area contributed by atoms with Crippen LogP contribution in [0.1, 0.15) is 40.7 Å². The Morgan fingerprint density at radius 3 is 2.44 bits per heavy atom. The van der Waals surface area contributed by atoms with E-state index in [9.17, 15) is 13.2 Å². The summed E-state index contributed by atoms with van der Waals surface area (Å²) in [6.45, 7) is 0.0992. The molecule has 2 aromatic rings. The summed E-state index contributed by atoms with van der Waals surface area (Å²) in [5, 5.41) is 0. The lowest BCUT2D eigenvalue weighted by atomic mass is 9.90. The predicted molar refractivity (Wildman–Crippen MR) is 96.5 cm³/mol. The Morgan fingerprint density at radius 2 is 1.68 bits per heavy atom. The minimum atomic E-state index is -3.33. The molecule has 0 aliphatic heterocycles. The number of hydrogen-bond donors (Lipinski definition) is 0. The zero-order valence-electron chi connectivity index (χ0n) is 14.1. The largest absolute Gasteiger partial charge is 0.462 e. The molecule has 0 atom stereocenters. The van der Waals surface area contributed by atoms with Gasteiger partial charge in [0.1, 0.15) is 0 Å². The van der Waals surface area contributed by atoms with Gasteiger partial charge in [-0.3, -0.25) is 0 Å². The Labute approximate surface area is 148 Å². The van der Waals surface area contributed by atoms with E-state index in [4.69, 9.17) is 4.74 Å². The number of hydrogen-bond acceptors (Lipinski definition) is 4. The maximum absolute atomic E-state index is 12.2. The fraction of sp³-hybridized carbons (Fsp3) is 0.350. The number of rotatable bonds is 6. The number of sulfone groups is 1. The van der Waals surface area contributed by atoms with Gasteiger partial charge in [0.15, 0.2) is 9.84 Å². The highest BCUT2D eigenvalue weighted by molar-refractivity contribution is 7.91. The minimum Gasteiger partial charge on any atom is -0.462 e. The molecule has 0 unspecified atom stereocenters. The monoisotopic (exact) mass is 358 g/mol. The molecule has 4 nitrogen and oxygen atoms in total. The molecule has 0 bridgehead atoms. The third-order valence-electron chi connectivity index (χ3n) is 4.48. The number of esters is 1. The van der Waals surface area contributed by atoms with E-state index in [1.165, 1.54) is 17.5 Å². The molecular formula is C20H22O4S. The summed E-state index contributed by atoms with van der Waals surface area (Å²) in [5.74, 6) is -0.417. The van der Waals surface area contributed by atoms with Gasteiger partial charge in [-0.25, -0.2) is 13.2 Å². The molecule has 0 radical (unpaired) electrons. The molecule has 0 aromatic heterocycles. The molecule has 3 rings (SSSR count). The van der Waals surface area contributed by atoms with Crippen LogP contribution in [0.2, 0.25) is 0 Å². The molecule has 25 heavy (non-hydrogen) atoms. The summed E-state index contributed by atoms with van der Waals surface area (Å²) in [7, 11) is -3.33. The smallest absolute Gasteiger partial charge is 0.338 e. The van der Waals surface area contributed by atoms with Crippen LogP contribution in [0.5, 0.6) is 0 Å². The average molecular weight is 358 g/mol. The molecule has 0 N–H and O–H groups in total. The second-order valence-electron chi connectivity index (χ2n) is 6.31. The van der Waals surface area contributed by atoms with Gasteiger partial charge in [-0.2, -0.15) is 0 Å². The minimum absolute atomic E-state index is 0.0333. The Hall–Kier alpha value is -2.14. The van der Waals surface area contributed by atoms with E-state index in [1.54, 1.807) is 36.4 Å². The molecule has 2 aromatic carbocycles. The first-order valence-corrected chi connectivity index (χ1v) is 10.3. The van der Waals surface area contributed by atoms with Crippen LogP contribution in [0.25, 0.3) is 0 Å². The van der Waals surface area contributed by atoms with Crippen LogP contribution < -0.4 is 0 Å². The van der Waals surface area contributed by atoms with Crippen molar-refractivity contribution in [1.29, 1.82) is 0 Å². The van der Waals surface area contributed by atoms with Gasteiger partial charge in [-0.15, -0.1) is 0 Å². The fourth-order valence-electron chi connectivity index (χ4n) is 3.10. The molecule has 1 aliphatic rings. The predicted octanol–water partition coefficient (Wildman–Crippen LogP) is 3.59. The summed E-state index contributed by atoms with van der Waals surface area (Å²) in [5.41, 5.74) is 3.09. The lowest BCUT2D eigenvalue weighted by Crippen LogP contribution is -2.13. The van der Waals surface area contributed by atoms with E-state index < -0.39 is 9.84 Å². The molecule has 0 spiro atoms. The van der Waals surface area contributed by atoms with Crippen LogP contribution in [0.4, 0.5) is 0 Å². The molecule has 0 amide bonds.